The van der Waals surface area contributed by atoms with Crippen LogP contribution in [-0.4, -0.2) is 15.2 Å². The van der Waals surface area contributed by atoms with Crippen molar-refractivity contribution in [1.29, 1.82) is 0 Å². The second kappa shape index (κ2) is 5.18. The fourth-order valence-corrected chi connectivity index (χ4v) is 2.66. The number of phenolic OH excluding ortho intramolecular Hbond substituents is 2. The number of furan rings is 1. The van der Waals surface area contributed by atoms with Crippen LogP contribution in [0.15, 0.2) is 71.6 Å². The van der Waals surface area contributed by atoms with Crippen LogP contribution in [-0.2, 0) is 0 Å². The quantitative estimate of drug-likeness (QED) is 0.532. The summed E-state index contributed by atoms with van der Waals surface area (Å²) in [5.74, 6) is -0.273. The highest BCUT2D eigenvalue weighted by Gasteiger charge is 2.10. The Morgan fingerprint density at radius 2 is 1.65 bits per heavy atom. The summed E-state index contributed by atoms with van der Waals surface area (Å²) in [5, 5.41) is 20.1. The van der Waals surface area contributed by atoms with E-state index in [2.05, 4.69) is 4.98 Å². The predicted octanol–water partition coefficient (Wildman–Crippen LogP) is 4.57. The standard InChI is InChI=1S/C19H13NO3/c21-17-6-4-12(8-18(17)22)13-3-5-15-16(11-23-19(15)9-13)14-2-1-7-20-10-14/h1-11,21-22H. The van der Waals surface area contributed by atoms with Crippen LogP contribution in [0.4, 0.5) is 0 Å². The molecule has 0 atom stereocenters. The van der Waals surface area contributed by atoms with Crippen molar-refractivity contribution in [2.45, 2.75) is 0 Å². The molecule has 2 aromatic carbocycles. The number of aromatic nitrogens is 1. The van der Waals surface area contributed by atoms with Gasteiger partial charge in [-0.2, -0.15) is 0 Å². The van der Waals surface area contributed by atoms with Gasteiger partial charge in [0.05, 0.1) is 6.26 Å². The average Bonchev–Trinajstić information content (AvgIpc) is 3.01. The van der Waals surface area contributed by atoms with Crippen LogP contribution in [0, 0.1) is 0 Å². The zero-order valence-electron chi connectivity index (χ0n) is 12.1. The number of rotatable bonds is 2. The Bertz CT molecular complexity index is 990. The summed E-state index contributed by atoms with van der Waals surface area (Å²) in [6.45, 7) is 0. The lowest BCUT2D eigenvalue weighted by molar-refractivity contribution is 0.404. The first-order chi connectivity index (χ1) is 11.2. The third-order valence-electron chi connectivity index (χ3n) is 3.86. The minimum Gasteiger partial charge on any atom is -0.504 e. The van der Waals surface area contributed by atoms with Gasteiger partial charge >= 0.3 is 0 Å². The number of aromatic hydroxyl groups is 2. The highest BCUT2D eigenvalue weighted by Crippen LogP contribution is 2.35. The van der Waals surface area contributed by atoms with E-state index < -0.39 is 0 Å². The number of nitrogens with zero attached hydrogens (tertiary/aromatic N) is 1. The summed E-state index contributed by atoms with van der Waals surface area (Å²) < 4.78 is 5.68. The first kappa shape index (κ1) is 13.4. The van der Waals surface area contributed by atoms with Crippen LogP contribution in [0.25, 0.3) is 33.2 Å². The van der Waals surface area contributed by atoms with Crippen LogP contribution < -0.4 is 0 Å². The lowest BCUT2D eigenvalue weighted by Crippen LogP contribution is -1.80. The van der Waals surface area contributed by atoms with Gasteiger partial charge in [0.25, 0.3) is 0 Å². The first-order valence-corrected chi connectivity index (χ1v) is 7.16. The molecule has 0 radical (unpaired) electrons. The van der Waals surface area contributed by atoms with Crippen LogP contribution in [0.5, 0.6) is 11.5 Å². The maximum Gasteiger partial charge on any atom is 0.158 e. The molecule has 0 aliphatic rings. The number of hydrogen-bond acceptors (Lipinski definition) is 4. The third-order valence-corrected chi connectivity index (χ3v) is 3.86. The topological polar surface area (TPSA) is 66.5 Å². The molecule has 0 fully saturated rings. The van der Waals surface area contributed by atoms with Crippen molar-refractivity contribution < 1.29 is 14.6 Å². The largest absolute Gasteiger partial charge is 0.504 e. The van der Waals surface area contributed by atoms with Crippen molar-refractivity contribution in [2.24, 2.45) is 0 Å². The Labute approximate surface area is 132 Å². The van der Waals surface area contributed by atoms with E-state index in [1.54, 1.807) is 24.7 Å². The van der Waals surface area contributed by atoms with Crippen molar-refractivity contribution in [3.63, 3.8) is 0 Å². The monoisotopic (exact) mass is 303 g/mol. The third kappa shape index (κ3) is 2.30. The molecule has 2 aromatic heterocycles. The number of hydrogen-bond donors (Lipinski definition) is 2. The molecule has 4 nitrogen and oxygen atoms in total. The molecule has 0 aliphatic heterocycles. The smallest absolute Gasteiger partial charge is 0.158 e. The van der Waals surface area contributed by atoms with E-state index in [1.165, 1.54) is 12.1 Å². The highest BCUT2D eigenvalue weighted by atomic mass is 16.3. The summed E-state index contributed by atoms with van der Waals surface area (Å²) in [6.07, 6.45) is 5.26. The van der Waals surface area contributed by atoms with Gasteiger partial charge in [-0.05, 0) is 41.5 Å². The fraction of sp³-hybridized carbons (Fsp3) is 0. The van der Waals surface area contributed by atoms with Gasteiger partial charge < -0.3 is 14.6 Å². The van der Waals surface area contributed by atoms with Gasteiger partial charge in [-0.15, -0.1) is 0 Å². The molecule has 0 bridgehead atoms. The van der Waals surface area contributed by atoms with Gasteiger partial charge in [0, 0.05) is 28.9 Å². The molecule has 0 spiro atoms. The SMILES string of the molecule is Oc1ccc(-c2ccc3c(-c4cccnc4)coc3c2)cc1O. The minimum atomic E-state index is -0.141. The normalized spacial score (nSPS) is 11.0. The van der Waals surface area contributed by atoms with Crippen molar-refractivity contribution in [3.8, 4) is 33.8 Å². The maximum absolute atomic E-state index is 9.65. The summed E-state index contributed by atoms with van der Waals surface area (Å²) in [5.41, 5.74) is 4.46. The van der Waals surface area contributed by atoms with Gasteiger partial charge in [0.15, 0.2) is 11.5 Å². The molecule has 2 N–H and O–H groups in total. The van der Waals surface area contributed by atoms with E-state index >= 15 is 0 Å². The second-order valence-electron chi connectivity index (χ2n) is 5.31. The lowest BCUT2D eigenvalue weighted by Gasteiger charge is -2.04. The van der Waals surface area contributed by atoms with Gasteiger partial charge in [-0.3, -0.25) is 4.98 Å². The second-order valence-corrected chi connectivity index (χ2v) is 5.31. The van der Waals surface area contributed by atoms with E-state index in [0.29, 0.717) is 0 Å². The van der Waals surface area contributed by atoms with E-state index in [1.807, 2.05) is 30.3 Å². The summed E-state index contributed by atoms with van der Waals surface area (Å²) in [4.78, 5) is 4.14. The highest BCUT2D eigenvalue weighted by molar-refractivity contribution is 5.95. The molecular formula is C19H13NO3. The van der Waals surface area contributed by atoms with Crippen LogP contribution in [0.3, 0.4) is 0 Å². The molecule has 23 heavy (non-hydrogen) atoms. The molecule has 112 valence electrons. The molecule has 0 saturated heterocycles. The summed E-state index contributed by atoms with van der Waals surface area (Å²) >= 11 is 0. The molecule has 0 saturated carbocycles. The zero-order valence-corrected chi connectivity index (χ0v) is 12.1. The molecule has 0 amide bonds. The van der Waals surface area contributed by atoms with E-state index in [4.69, 9.17) is 4.42 Å². The van der Waals surface area contributed by atoms with Crippen molar-refractivity contribution in [1.82, 2.24) is 4.98 Å². The van der Waals surface area contributed by atoms with Crippen molar-refractivity contribution in [3.05, 3.63) is 67.2 Å². The Hall–Kier alpha value is -3.27. The summed E-state index contributed by atoms with van der Waals surface area (Å²) in [6, 6.07) is 14.5. The Balaban J connectivity index is 1.82. The van der Waals surface area contributed by atoms with Crippen LogP contribution >= 0.6 is 0 Å². The predicted molar refractivity (Wildman–Crippen MR) is 88.2 cm³/mol. The Kier molecular flexibility index (Phi) is 3.01. The number of phenols is 2. The lowest BCUT2D eigenvalue weighted by atomic mass is 10.0. The van der Waals surface area contributed by atoms with E-state index in [-0.39, 0.29) is 11.5 Å². The molecule has 2 heterocycles. The first-order valence-electron chi connectivity index (χ1n) is 7.16. The zero-order chi connectivity index (χ0) is 15.8. The van der Waals surface area contributed by atoms with Crippen molar-refractivity contribution >= 4 is 11.0 Å². The van der Waals surface area contributed by atoms with E-state index in [9.17, 15) is 10.2 Å². The molecule has 4 aromatic rings. The summed E-state index contributed by atoms with van der Waals surface area (Å²) in [7, 11) is 0. The van der Waals surface area contributed by atoms with Gasteiger partial charge in [-0.25, -0.2) is 0 Å². The molecule has 0 unspecified atom stereocenters. The van der Waals surface area contributed by atoms with E-state index in [0.717, 1.165) is 33.2 Å². The van der Waals surface area contributed by atoms with Gasteiger partial charge in [0.1, 0.15) is 5.58 Å². The van der Waals surface area contributed by atoms with Crippen LogP contribution in [0.1, 0.15) is 0 Å². The molecular weight excluding hydrogens is 290 g/mol. The Morgan fingerprint density at radius 3 is 2.43 bits per heavy atom. The van der Waals surface area contributed by atoms with Crippen molar-refractivity contribution in [2.75, 3.05) is 0 Å². The Morgan fingerprint density at radius 1 is 0.826 bits per heavy atom. The molecule has 0 aliphatic carbocycles. The van der Waals surface area contributed by atoms with Gasteiger partial charge in [-0.1, -0.05) is 18.2 Å². The number of pyridine rings is 1. The minimum absolute atomic E-state index is 0.133. The average molecular weight is 303 g/mol. The maximum atomic E-state index is 9.65. The number of benzene rings is 2. The fourth-order valence-electron chi connectivity index (χ4n) is 2.66. The molecule has 4 rings (SSSR count). The van der Waals surface area contributed by atoms with Gasteiger partial charge in [0.2, 0.25) is 0 Å². The number of fused-ring (bicyclic) bond motifs is 1. The molecule has 4 heteroatoms. The van der Waals surface area contributed by atoms with Crippen LogP contribution in [0.2, 0.25) is 0 Å².